The molecule has 0 fully saturated rings. The maximum atomic E-state index is 11.9. The van der Waals surface area contributed by atoms with Gasteiger partial charge in [-0.25, -0.2) is 0 Å². The Balaban J connectivity index is 2.46. The molecule has 2 N–H and O–H groups in total. The lowest BCUT2D eigenvalue weighted by Gasteiger charge is -2.01. The Bertz CT molecular complexity index is 493. The van der Waals surface area contributed by atoms with E-state index in [9.17, 15) is 4.79 Å². The average Bonchev–Trinajstić information content (AvgIpc) is 2.74. The predicted molar refractivity (Wildman–Crippen MR) is 58.9 cm³/mol. The molecule has 0 atom stereocenters. The van der Waals surface area contributed by atoms with Gasteiger partial charge in [-0.1, -0.05) is 6.07 Å². The summed E-state index contributed by atoms with van der Waals surface area (Å²) in [5.74, 6) is 0.0829. The highest BCUT2D eigenvalue weighted by atomic mass is 32.1. The number of aromatic nitrogens is 2. The van der Waals surface area contributed by atoms with Crippen LogP contribution < -0.4 is 5.73 Å². The van der Waals surface area contributed by atoms with Crippen LogP contribution >= 0.6 is 11.3 Å². The second-order valence-corrected chi connectivity index (χ2v) is 4.04. The molecule has 2 aromatic heterocycles. The number of nitrogens with two attached hydrogens (primary N) is 1. The molecule has 0 bridgehead atoms. The van der Waals surface area contributed by atoms with Gasteiger partial charge >= 0.3 is 0 Å². The summed E-state index contributed by atoms with van der Waals surface area (Å²) >= 11 is 1.39. The van der Waals surface area contributed by atoms with Gasteiger partial charge in [0.05, 0.1) is 16.1 Å². The number of nitrogen functional groups attached to an aromatic ring is 1. The number of thiophene rings is 1. The first kappa shape index (κ1) is 9.79. The van der Waals surface area contributed by atoms with Crippen molar-refractivity contribution in [1.29, 1.82) is 0 Å². The highest BCUT2D eigenvalue weighted by molar-refractivity contribution is 7.12. The molecule has 2 heterocycles. The molecule has 0 saturated heterocycles. The fourth-order valence-corrected chi connectivity index (χ4v) is 1.90. The van der Waals surface area contributed by atoms with Crippen LogP contribution in [0.4, 0.5) is 5.82 Å². The van der Waals surface area contributed by atoms with Crippen molar-refractivity contribution in [2.24, 2.45) is 0 Å². The highest BCUT2D eigenvalue weighted by Gasteiger charge is 2.14. The SMILES string of the molecule is Cc1cc(C(=O)c2cccs2)c(N)nn1. The lowest BCUT2D eigenvalue weighted by molar-refractivity contribution is 0.104. The first-order valence-electron chi connectivity index (χ1n) is 4.36. The zero-order chi connectivity index (χ0) is 10.8. The molecule has 0 aliphatic heterocycles. The Labute approximate surface area is 90.8 Å². The van der Waals surface area contributed by atoms with Crippen molar-refractivity contribution in [2.45, 2.75) is 6.92 Å². The fourth-order valence-electron chi connectivity index (χ4n) is 1.22. The number of aryl methyl sites for hydroxylation is 1. The van der Waals surface area contributed by atoms with E-state index >= 15 is 0 Å². The van der Waals surface area contributed by atoms with Crippen LogP contribution in [0, 0.1) is 6.92 Å². The van der Waals surface area contributed by atoms with Gasteiger partial charge < -0.3 is 5.73 Å². The Morgan fingerprint density at radius 2 is 2.27 bits per heavy atom. The molecule has 0 aromatic carbocycles. The number of ketones is 1. The summed E-state index contributed by atoms with van der Waals surface area (Å²) in [6, 6.07) is 5.25. The Kier molecular flexibility index (Phi) is 2.47. The third-order valence-corrected chi connectivity index (χ3v) is 2.80. The molecule has 4 nitrogen and oxygen atoms in total. The van der Waals surface area contributed by atoms with Crippen molar-refractivity contribution in [3.05, 3.63) is 39.7 Å². The van der Waals surface area contributed by atoms with E-state index in [1.807, 2.05) is 11.4 Å². The first-order chi connectivity index (χ1) is 7.18. The maximum Gasteiger partial charge on any atom is 0.206 e. The minimum absolute atomic E-state index is 0.0968. The van der Waals surface area contributed by atoms with Crippen LogP contribution in [0.1, 0.15) is 20.9 Å². The Hall–Kier alpha value is -1.75. The minimum atomic E-state index is -0.0968. The van der Waals surface area contributed by atoms with Crippen LogP contribution in [0.15, 0.2) is 23.6 Å². The molecule has 0 radical (unpaired) electrons. The van der Waals surface area contributed by atoms with Crippen molar-refractivity contribution >= 4 is 22.9 Å². The summed E-state index contributed by atoms with van der Waals surface area (Å²) in [4.78, 5) is 12.6. The standard InChI is InChI=1S/C10H9N3OS/c1-6-5-7(10(11)13-12-6)9(14)8-3-2-4-15-8/h2-5H,1H3,(H2,11,13). The fraction of sp³-hybridized carbons (Fsp3) is 0.100. The Morgan fingerprint density at radius 1 is 1.47 bits per heavy atom. The van der Waals surface area contributed by atoms with Crippen LogP contribution in [0.2, 0.25) is 0 Å². The van der Waals surface area contributed by atoms with E-state index in [2.05, 4.69) is 10.2 Å². The van der Waals surface area contributed by atoms with Gasteiger partial charge in [-0.15, -0.1) is 16.4 Å². The summed E-state index contributed by atoms with van der Waals surface area (Å²) in [6.45, 7) is 1.78. The summed E-state index contributed by atoms with van der Waals surface area (Å²) in [5, 5.41) is 9.35. The summed E-state index contributed by atoms with van der Waals surface area (Å²) in [5.41, 5.74) is 6.71. The molecule has 0 aliphatic rings. The average molecular weight is 219 g/mol. The molecule has 5 heteroatoms. The van der Waals surface area contributed by atoms with Crippen LogP contribution in [-0.2, 0) is 0 Å². The van der Waals surface area contributed by atoms with Gasteiger partial charge in [0.25, 0.3) is 0 Å². The number of nitrogens with zero attached hydrogens (tertiary/aromatic N) is 2. The van der Waals surface area contributed by atoms with Crippen molar-refractivity contribution < 1.29 is 4.79 Å². The first-order valence-corrected chi connectivity index (χ1v) is 5.24. The molecule has 0 spiro atoms. The largest absolute Gasteiger partial charge is 0.382 e. The molecule has 0 aliphatic carbocycles. The topological polar surface area (TPSA) is 68.9 Å². The normalized spacial score (nSPS) is 10.2. The van der Waals surface area contributed by atoms with Crippen LogP contribution in [0.5, 0.6) is 0 Å². The third kappa shape index (κ3) is 1.87. The summed E-state index contributed by atoms with van der Waals surface area (Å²) < 4.78 is 0. The molecular weight excluding hydrogens is 210 g/mol. The molecule has 76 valence electrons. The van der Waals surface area contributed by atoms with Crippen LogP contribution in [0.25, 0.3) is 0 Å². The number of rotatable bonds is 2. The van der Waals surface area contributed by atoms with Gasteiger partial charge in [-0.05, 0) is 24.4 Å². The third-order valence-electron chi connectivity index (χ3n) is 1.93. The van der Waals surface area contributed by atoms with Crippen molar-refractivity contribution in [3.63, 3.8) is 0 Å². The van der Waals surface area contributed by atoms with Gasteiger partial charge in [0.15, 0.2) is 5.82 Å². The van der Waals surface area contributed by atoms with E-state index in [4.69, 9.17) is 5.73 Å². The molecular formula is C10H9N3OS. The minimum Gasteiger partial charge on any atom is -0.382 e. The van der Waals surface area contributed by atoms with E-state index in [1.165, 1.54) is 11.3 Å². The second kappa shape index (κ2) is 3.78. The quantitative estimate of drug-likeness (QED) is 0.780. The molecule has 15 heavy (non-hydrogen) atoms. The Morgan fingerprint density at radius 3 is 2.93 bits per heavy atom. The predicted octanol–water partition coefficient (Wildman–Crippen LogP) is 1.66. The highest BCUT2D eigenvalue weighted by Crippen LogP contribution is 2.18. The van der Waals surface area contributed by atoms with Crippen molar-refractivity contribution in [2.75, 3.05) is 5.73 Å². The molecule has 2 aromatic rings. The maximum absolute atomic E-state index is 11.9. The van der Waals surface area contributed by atoms with Gasteiger partial charge in [0.1, 0.15) is 0 Å². The van der Waals surface area contributed by atoms with E-state index in [0.717, 1.165) is 0 Å². The smallest absolute Gasteiger partial charge is 0.206 e. The summed E-state index contributed by atoms with van der Waals surface area (Å²) in [7, 11) is 0. The van der Waals surface area contributed by atoms with Crippen molar-refractivity contribution in [3.8, 4) is 0 Å². The molecule has 0 unspecified atom stereocenters. The van der Waals surface area contributed by atoms with Crippen molar-refractivity contribution in [1.82, 2.24) is 10.2 Å². The van der Waals surface area contributed by atoms with E-state index < -0.39 is 0 Å². The lowest BCUT2D eigenvalue weighted by atomic mass is 10.1. The molecule has 2 rings (SSSR count). The van der Waals surface area contributed by atoms with Gasteiger partial charge in [-0.2, -0.15) is 5.10 Å². The second-order valence-electron chi connectivity index (χ2n) is 3.09. The van der Waals surface area contributed by atoms with Gasteiger partial charge in [0.2, 0.25) is 5.78 Å². The zero-order valence-electron chi connectivity index (χ0n) is 8.10. The number of carbonyl (C=O) groups excluding carboxylic acids is 1. The van der Waals surface area contributed by atoms with Crippen LogP contribution in [-0.4, -0.2) is 16.0 Å². The van der Waals surface area contributed by atoms with E-state index in [-0.39, 0.29) is 11.6 Å². The number of anilines is 1. The number of hydrogen-bond donors (Lipinski definition) is 1. The van der Waals surface area contributed by atoms with Gasteiger partial charge in [0, 0.05) is 0 Å². The molecule has 0 saturated carbocycles. The zero-order valence-corrected chi connectivity index (χ0v) is 8.91. The lowest BCUT2D eigenvalue weighted by Crippen LogP contribution is -2.07. The number of carbonyl (C=O) groups is 1. The molecule has 0 amide bonds. The van der Waals surface area contributed by atoms with Crippen LogP contribution in [0.3, 0.4) is 0 Å². The summed E-state index contributed by atoms with van der Waals surface area (Å²) in [6.07, 6.45) is 0. The number of hydrogen-bond acceptors (Lipinski definition) is 5. The van der Waals surface area contributed by atoms with Gasteiger partial charge in [-0.3, -0.25) is 4.79 Å². The monoisotopic (exact) mass is 219 g/mol. The van der Waals surface area contributed by atoms with E-state index in [0.29, 0.717) is 16.1 Å². The van der Waals surface area contributed by atoms with E-state index in [1.54, 1.807) is 19.1 Å².